The van der Waals surface area contributed by atoms with E-state index in [1.165, 1.54) is 39.0 Å². The van der Waals surface area contributed by atoms with Crippen LogP contribution in [0.25, 0.3) is 0 Å². The van der Waals surface area contributed by atoms with Gasteiger partial charge in [-0.15, -0.1) is 0 Å². The maximum Gasteiger partial charge on any atom is 0.303 e. The molecule has 0 bridgehead atoms. The lowest BCUT2D eigenvalue weighted by atomic mass is 9.50. The summed E-state index contributed by atoms with van der Waals surface area (Å²) in [6, 6.07) is 0. The third-order valence-corrected chi connectivity index (χ3v) is 14.6. The number of ether oxygens (including phenoxy) is 4. The van der Waals surface area contributed by atoms with Crippen LogP contribution in [0.15, 0.2) is 0 Å². The Balaban J connectivity index is 1.26. The number of hydrogen-bond donors (Lipinski definition) is 1. The minimum absolute atomic E-state index is 0.0129. The van der Waals surface area contributed by atoms with E-state index in [0.717, 1.165) is 32.2 Å². The first kappa shape index (κ1) is 39.0. The zero-order valence-electron chi connectivity index (χ0n) is 32.8. The average molecular weight is 691 g/mol. The molecule has 0 spiro atoms. The molecule has 5 aliphatic rings. The van der Waals surface area contributed by atoms with Gasteiger partial charge in [-0.2, -0.15) is 0 Å². The highest BCUT2D eigenvalue weighted by atomic mass is 16.7. The van der Waals surface area contributed by atoms with Crippen molar-refractivity contribution >= 4 is 11.9 Å². The fourth-order valence-electron chi connectivity index (χ4n) is 11.8. The molecule has 0 aromatic carbocycles. The van der Waals surface area contributed by atoms with Crippen molar-refractivity contribution in [1.29, 1.82) is 0 Å². The van der Waals surface area contributed by atoms with Crippen molar-refractivity contribution in [3.8, 4) is 0 Å². The molecule has 3 aliphatic carbocycles. The summed E-state index contributed by atoms with van der Waals surface area (Å²) < 4.78 is 25.5. The molecule has 2 saturated heterocycles. The van der Waals surface area contributed by atoms with E-state index >= 15 is 0 Å². The monoisotopic (exact) mass is 691 g/mol. The first-order chi connectivity index (χ1) is 22.8. The van der Waals surface area contributed by atoms with Crippen LogP contribution < -0.4 is 0 Å². The van der Waals surface area contributed by atoms with Crippen LogP contribution >= 0.6 is 0 Å². The lowest BCUT2D eigenvalue weighted by molar-refractivity contribution is -0.236. The molecule has 0 aromatic heterocycles. The maximum atomic E-state index is 12.4. The number of nitrogens with zero attached hydrogens (tertiary/aromatic N) is 2. The molecule has 9 nitrogen and oxygen atoms in total. The summed E-state index contributed by atoms with van der Waals surface area (Å²) in [5, 5.41) is 11.0. The van der Waals surface area contributed by atoms with Crippen LogP contribution in [0, 0.1) is 45.8 Å². The Morgan fingerprint density at radius 3 is 2.41 bits per heavy atom. The molecule has 5 rings (SSSR count). The Labute approximate surface area is 297 Å². The number of morpholine rings is 1. The van der Waals surface area contributed by atoms with E-state index in [1.54, 1.807) is 18.7 Å². The van der Waals surface area contributed by atoms with Gasteiger partial charge in [-0.1, -0.05) is 48.0 Å². The third kappa shape index (κ3) is 7.77. The van der Waals surface area contributed by atoms with Crippen LogP contribution in [0.1, 0.15) is 120 Å². The summed E-state index contributed by atoms with van der Waals surface area (Å²) in [4.78, 5) is 28.2. The molecule has 12 atom stereocenters. The number of carbonyl (C=O) groups is 2. The van der Waals surface area contributed by atoms with Crippen molar-refractivity contribution in [3.05, 3.63) is 0 Å². The lowest BCUT2D eigenvalue weighted by Crippen LogP contribution is -2.55. The highest BCUT2D eigenvalue weighted by molar-refractivity contribution is 5.77. The van der Waals surface area contributed by atoms with Crippen molar-refractivity contribution in [2.24, 2.45) is 45.8 Å². The van der Waals surface area contributed by atoms with E-state index in [0.29, 0.717) is 49.3 Å². The largest absolute Gasteiger partial charge is 0.457 e. The molecular weight excluding hydrogens is 620 g/mol. The van der Waals surface area contributed by atoms with E-state index < -0.39 is 11.7 Å². The highest BCUT2D eigenvalue weighted by Crippen LogP contribution is 2.70. The fraction of sp³-hybridized carbons (Fsp3) is 0.950. The second kappa shape index (κ2) is 14.6. The molecule has 3 saturated carbocycles. The molecule has 1 amide bonds. The van der Waals surface area contributed by atoms with Gasteiger partial charge in [-0.3, -0.25) is 14.5 Å². The topological polar surface area (TPSA) is 97.8 Å². The van der Waals surface area contributed by atoms with E-state index in [-0.39, 0.29) is 52.7 Å². The molecule has 49 heavy (non-hydrogen) atoms. The zero-order chi connectivity index (χ0) is 36.1. The SMILES string of the molecule is CC(=O)O[C@@H]([C@H]1C[C@@H](C)C2C(C[C@@]3(C)[C@H](CCC4C(C)CC[C@H](OC5CN(CC(=O)N(C)C)CCO5)C4(C)C)CCC[C@]23C)O1)C(C)(C)O. The van der Waals surface area contributed by atoms with Gasteiger partial charge >= 0.3 is 5.97 Å². The normalized spacial score (nSPS) is 41.8. The Hall–Kier alpha value is -1.26. The number of carbonyl (C=O) groups excluding carboxylic acids is 2. The number of rotatable bonds is 10. The van der Waals surface area contributed by atoms with Gasteiger partial charge in [0.15, 0.2) is 12.4 Å². The number of amides is 1. The van der Waals surface area contributed by atoms with E-state index in [1.807, 2.05) is 14.1 Å². The van der Waals surface area contributed by atoms with Gasteiger partial charge in [0.1, 0.15) is 0 Å². The van der Waals surface area contributed by atoms with Crippen LogP contribution in [-0.4, -0.2) is 103 Å². The van der Waals surface area contributed by atoms with Crippen LogP contribution in [0.4, 0.5) is 0 Å². The minimum atomic E-state index is -1.18. The average Bonchev–Trinajstić information content (AvgIpc) is 3.24. The Morgan fingerprint density at radius 2 is 1.76 bits per heavy atom. The summed E-state index contributed by atoms with van der Waals surface area (Å²) in [5.41, 5.74) is -0.812. The van der Waals surface area contributed by atoms with E-state index in [2.05, 4.69) is 46.4 Å². The van der Waals surface area contributed by atoms with Crippen LogP contribution in [-0.2, 0) is 28.5 Å². The van der Waals surface area contributed by atoms with Crippen LogP contribution in [0.2, 0.25) is 0 Å². The van der Waals surface area contributed by atoms with E-state index in [9.17, 15) is 14.7 Å². The summed E-state index contributed by atoms with van der Waals surface area (Å²) in [6.07, 6.45) is 9.14. The molecule has 1 N–H and O–H groups in total. The quantitative estimate of drug-likeness (QED) is 0.267. The molecule has 5 unspecified atom stereocenters. The molecular formula is C40H70N2O7. The first-order valence-corrected chi connectivity index (χ1v) is 19.5. The summed E-state index contributed by atoms with van der Waals surface area (Å²) >= 11 is 0. The minimum Gasteiger partial charge on any atom is -0.457 e. The Kier molecular flexibility index (Phi) is 11.6. The van der Waals surface area contributed by atoms with Crippen molar-refractivity contribution in [2.75, 3.05) is 40.3 Å². The fourth-order valence-corrected chi connectivity index (χ4v) is 11.8. The number of aliphatic hydroxyl groups is 1. The summed E-state index contributed by atoms with van der Waals surface area (Å²) in [5.74, 6) is 2.43. The molecule has 0 aromatic rings. The van der Waals surface area contributed by atoms with Gasteiger partial charge in [0.25, 0.3) is 0 Å². The van der Waals surface area contributed by atoms with Gasteiger partial charge in [-0.25, -0.2) is 0 Å². The maximum absolute atomic E-state index is 12.4. The molecule has 5 fully saturated rings. The molecule has 0 radical (unpaired) electrons. The zero-order valence-corrected chi connectivity index (χ0v) is 32.8. The van der Waals surface area contributed by atoms with Crippen molar-refractivity contribution in [2.45, 2.75) is 156 Å². The predicted octanol–water partition coefficient (Wildman–Crippen LogP) is 6.30. The van der Waals surface area contributed by atoms with E-state index in [4.69, 9.17) is 18.9 Å². The Bertz CT molecular complexity index is 1170. The highest BCUT2D eigenvalue weighted by Gasteiger charge is 2.66. The van der Waals surface area contributed by atoms with Gasteiger partial charge in [-0.05, 0) is 111 Å². The summed E-state index contributed by atoms with van der Waals surface area (Å²) in [7, 11) is 3.62. The predicted molar refractivity (Wildman–Crippen MR) is 191 cm³/mol. The van der Waals surface area contributed by atoms with Gasteiger partial charge < -0.3 is 29.0 Å². The molecule has 2 heterocycles. The lowest BCUT2D eigenvalue weighted by Gasteiger charge is -2.55. The summed E-state index contributed by atoms with van der Waals surface area (Å²) in [6.45, 7) is 22.0. The second-order valence-electron chi connectivity index (χ2n) is 18.8. The van der Waals surface area contributed by atoms with Crippen molar-refractivity contribution in [3.63, 3.8) is 0 Å². The van der Waals surface area contributed by atoms with Crippen molar-refractivity contribution in [1.82, 2.24) is 9.80 Å². The second-order valence-corrected chi connectivity index (χ2v) is 18.8. The van der Waals surface area contributed by atoms with Crippen molar-refractivity contribution < 1.29 is 33.6 Å². The standard InChI is InChI=1S/C40H70N2O7/c1-25-14-17-32(49-34-24-42(19-20-46-34)23-33(44)41(10)11)37(4,5)29(25)16-15-28-13-12-18-39(8)35-26(2)21-30(48-31(35)22-40(28,39)9)36(38(6,7)45)47-27(3)43/h25-26,28-32,34-36,45H,12-24H2,1-11H3/t25?,26-,28+,29?,30-,31?,32+,34?,35?,36+,39-,40+/m1/s1. The number of hydrogen-bond acceptors (Lipinski definition) is 8. The third-order valence-electron chi connectivity index (χ3n) is 14.6. The van der Waals surface area contributed by atoms with Gasteiger partial charge in [0.2, 0.25) is 5.91 Å². The van der Waals surface area contributed by atoms with Gasteiger partial charge in [0, 0.05) is 27.6 Å². The number of likely N-dealkylation sites (N-methyl/N-ethyl adjacent to an activating group) is 1. The van der Waals surface area contributed by atoms with Crippen LogP contribution in [0.3, 0.4) is 0 Å². The number of esters is 1. The molecule has 2 aliphatic heterocycles. The van der Waals surface area contributed by atoms with Gasteiger partial charge in [0.05, 0.1) is 43.6 Å². The smallest absolute Gasteiger partial charge is 0.303 e. The Morgan fingerprint density at radius 1 is 1.04 bits per heavy atom. The number of fused-ring (bicyclic) bond motifs is 3. The van der Waals surface area contributed by atoms with Crippen LogP contribution in [0.5, 0.6) is 0 Å². The molecule has 9 heteroatoms. The molecule has 282 valence electrons. The first-order valence-electron chi connectivity index (χ1n) is 19.5.